The van der Waals surface area contributed by atoms with E-state index in [0.717, 1.165) is 38.6 Å². The Bertz CT molecular complexity index is 284. The van der Waals surface area contributed by atoms with E-state index in [1.165, 1.54) is 12.8 Å². The second-order valence-corrected chi connectivity index (χ2v) is 5.96. The van der Waals surface area contributed by atoms with Gasteiger partial charge in [0.1, 0.15) is 0 Å². The summed E-state index contributed by atoms with van der Waals surface area (Å²) in [6, 6.07) is 0. The Balaban J connectivity index is 0.00000361. The summed E-state index contributed by atoms with van der Waals surface area (Å²) >= 11 is 0. The molecule has 0 aromatic carbocycles. The van der Waals surface area contributed by atoms with Crippen LogP contribution in [0.2, 0.25) is 0 Å². The van der Waals surface area contributed by atoms with E-state index < -0.39 is 0 Å². The third-order valence-corrected chi connectivity index (χ3v) is 3.79. The normalized spacial score (nSPS) is 21.8. The van der Waals surface area contributed by atoms with Gasteiger partial charge in [-0.1, -0.05) is 20.8 Å². The number of aliphatic imine (C=N–C) groups is 1. The molecule has 20 heavy (non-hydrogen) atoms. The Morgan fingerprint density at radius 1 is 1.45 bits per heavy atom. The number of guanidine groups is 1. The van der Waals surface area contributed by atoms with E-state index in [9.17, 15) is 0 Å². The molecular formula is C15H32IN3O. The highest BCUT2D eigenvalue weighted by Crippen LogP contribution is 2.15. The fraction of sp³-hybridized carbons (Fsp3) is 0.933. The number of hydrogen-bond acceptors (Lipinski definition) is 2. The van der Waals surface area contributed by atoms with Crippen LogP contribution in [0.1, 0.15) is 47.0 Å². The van der Waals surface area contributed by atoms with Gasteiger partial charge in [0.25, 0.3) is 0 Å². The third kappa shape index (κ3) is 7.11. The summed E-state index contributed by atoms with van der Waals surface area (Å²) in [6.45, 7) is 12.4. The fourth-order valence-electron chi connectivity index (χ4n) is 2.63. The van der Waals surface area contributed by atoms with Crippen molar-refractivity contribution in [2.75, 3.05) is 26.2 Å². The first-order valence-electron chi connectivity index (χ1n) is 7.71. The molecule has 120 valence electrons. The largest absolute Gasteiger partial charge is 0.378 e. The molecule has 5 heteroatoms. The van der Waals surface area contributed by atoms with Crippen LogP contribution in [0, 0.1) is 11.8 Å². The number of halogens is 1. The van der Waals surface area contributed by atoms with Gasteiger partial charge < -0.3 is 15.4 Å². The first-order chi connectivity index (χ1) is 9.04. The van der Waals surface area contributed by atoms with Crippen molar-refractivity contribution in [1.29, 1.82) is 0 Å². The minimum absolute atomic E-state index is 0. The molecule has 4 nitrogen and oxygen atoms in total. The predicted molar refractivity (Wildman–Crippen MR) is 96.7 cm³/mol. The Kier molecular flexibility index (Phi) is 10.6. The van der Waals surface area contributed by atoms with Crippen LogP contribution in [-0.2, 0) is 4.74 Å². The third-order valence-electron chi connectivity index (χ3n) is 3.79. The van der Waals surface area contributed by atoms with E-state index in [0.29, 0.717) is 18.0 Å². The molecule has 0 amide bonds. The minimum Gasteiger partial charge on any atom is -0.378 e. The second kappa shape index (κ2) is 10.7. The summed E-state index contributed by atoms with van der Waals surface area (Å²) in [5.74, 6) is 1.98. The van der Waals surface area contributed by atoms with Gasteiger partial charge in [-0.2, -0.15) is 0 Å². The molecule has 1 aliphatic rings. The Morgan fingerprint density at radius 2 is 2.15 bits per heavy atom. The Labute approximate surface area is 141 Å². The van der Waals surface area contributed by atoms with Crippen molar-refractivity contribution < 1.29 is 4.74 Å². The zero-order chi connectivity index (χ0) is 14.3. The molecule has 2 N–H and O–H groups in total. The van der Waals surface area contributed by atoms with Crippen molar-refractivity contribution in [3.8, 4) is 0 Å². The molecule has 2 atom stereocenters. The predicted octanol–water partition coefficient (Wildman–Crippen LogP) is 3.10. The lowest BCUT2D eigenvalue weighted by Gasteiger charge is -2.31. The van der Waals surface area contributed by atoms with Gasteiger partial charge in [0, 0.05) is 26.2 Å². The van der Waals surface area contributed by atoms with Gasteiger partial charge in [-0.05, 0) is 38.0 Å². The maximum absolute atomic E-state index is 6.08. The first-order valence-corrected chi connectivity index (χ1v) is 7.71. The number of nitrogens with two attached hydrogens (primary N) is 1. The quantitative estimate of drug-likeness (QED) is 0.426. The number of likely N-dealkylation sites (tertiary alicyclic amines) is 1. The van der Waals surface area contributed by atoms with Crippen LogP contribution >= 0.6 is 24.0 Å². The molecule has 1 rings (SSSR count). The average Bonchev–Trinajstić information content (AvgIpc) is 2.37. The van der Waals surface area contributed by atoms with Gasteiger partial charge in [-0.15, -0.1) is 24.0 Å². The Hall–Kier alpha value is -0.0400. The smallest absolute Gasteiger partial charge is 0.191 e. The maximum Gasteiger partial charge on any atom is 0.191 e. The monoisotopic (exact) mass is 397 g/mol. The van der Waals surface area contributed by atoms with Crippen LogP contribution in [0.5, 0.6) is 0 Å². The van der Waals surface area contributed by atoms with Crippen molar-refractivity contribution in [1.82, 2.24) is 4.90 Å². The Morgan fingerprint density at radius 3 is 2.70 bits per heavy atom. The molecule has 1 heterocycles. The minimum atomic E-state index is 0. The van der Waals surface area contributed by atoms with Gasteiger partial charge in [-0.25, -0.2) is 0 Å². The van der Waals surface area contributed by atoms with Crippen molar-refractivity contribution in [2.24, 2.45) is 22.6 Å². The summed E-state index contributed by atoms with van der Waals surface area (Å²) in [5, 5.41) is 0. The highest BCUT2D eigenvalue weighted by atomic mass is 127. The van der Waals surface area contributed by atoms with E-state index in [2.05, 4.69) is 30.7 Å². The molecule has 0 aliphatic carbocycles. The molecule has 0 bridgehead atoms. The van der Waals surface area contributed by atoms with E-state index >= 15 is 0 Å². The van der Waals surface area contributed by atoms with Crippen molar-refractivity contribution in [3.05, 3.63) is 0 Å². The van der Waals surface area contributed by atoms with Crippen LogP contribution in [0.4, 0.5) is 0 Å². The molecule has 0 saturated carbocycles. The van der Waals surface area contributed by atoms with Crippen molar-refractivity contribution >= 4 is 29.9 Å². The first kappa shape index (κ1) is 20.0. The summed E-state index contributed by atoms with van der Waals surface area (Å²) in [6.07, 6.45) is 3.78. The molecular weight excluding hydrogens is 365 g/mol. The van der Waals surface area contributed by atoms with Gasteiger partial charge in [0.15, 0.2) is 5.96 Å². The molecule has 1 aliphatic heterocycles. The second-order valence-electron chi connectivity index (χ2n) is 5.96. The van der Waals surface area contributed by atoms with Crippen molar-refractivity contribution in [3.63, 3.8) is 0 Å². The molecule has 0 aromatic rings. The molecule has 0 aromatic heterocycles. The lowest BCUT2D eigenvalue weighted by molar-refractivity contribution is 0.0266. The average molecular weight is 397 g/mol. The number of rotatable bonds is 6. The van der Waals surface area contributed by atoms with Gasteiger partial charge in [0.05, 0.1) is 6.10 Å². The molecule has 0 spiro atoms. The van der Waals surface area contributed by atoms with E-state index in [-0.39, 0.29) is 24.0 Å². The number of piperidine rings is 1. The standard InChI is InChI=1S/C15H31N3O.HI/c1-5-19-14(12(2)3)8-9-17-15(16)18-10-6-7-13(4)11-18;/h12-14H,5-11H2,1-4H3,(H2,16,17);1H. The summed E-state index contributed by atoms with van der Waals surface area (Å²) < 4.78 is 5.72. The summed E-state index contributed by atoms with van der Waals surface area (Å²) in [4.78, 5) is 6.75. The molecule has 0 radical (unpaired) electrons. The zero-order valence-corrected chi connectivity index (χ0v) is 15.8. The van der Waals surface area contributed by atoms with E-state index in [1.54, 1.807) is 0 Å². The van der Waals surface area contributed by atoms with Gasteiger partial charge in [0.2, 0.25) is 0 Å². The lowest BCUT2D eigenvalue weighted by Crippen LogP contribution is -2.43. The molecule has 1 fully saturated rings. The highest BCUT2D eigenvalue weighted by molar-refractivity contribution is 14.0. The number of ether oxygens (including phenoxy) is 1. The van der Waals surface area contributed by atoms with E-state index in [1.807, 2.05) is 6.92 Å². The van der Waals surface area contributed by atoms with Crippen LogP contribution < -0.4 is 5.73 Å². The highest BCUT2D eigenvalue weighted by Gasteiger charge is 2.18. The number of nitrogens with zero attached hydrogens (tertiary/aromatic N) is 2. The topological polar surface area (TPSA) is 50.9 Å². The van der Waals surface area contributed by atoms with E-state index in [4.69, 9.17) is 10.5 Å². The molecule has 1 saturated heterocycles. The summed E-state index contributed by atoms with van der Waals surface area (Å²) in [7, 11) is 0. The maximum atomic E-state index is 6.08. The van der Waals surface area contributed by atoms with Gasteiger partial charge in [-0.3, -0.25) is 4.99 Å². The van der Waals surface area contributed by atoms with Gasteiger partial charge >= 0.3 is 0 Å². The fourth-order valence-corrected chi connectivity index (χ4v) is 2.63. The lowest BCUT2D eigenvalue weighted by atomic mass is 10.0. The van der Waals surface area contributed by atoms with Crippen molar-refractivity contribution in [2.45, 2.75) is 53.1 Å². The van der Waals surface area contributed by atoms with Crippen LogP contribution in [0.15, 0.2) is 4.99 Å². The van der Waals surface area contributed by atoms with Crippen LogP contribution in [0.3, 0.4) is 0 Å². The zero-order valence-electron chi connectivity index (χ0n) is 13.5. The number of hydrogen-bond donors (Lipinski definition) is 1. The van der Waals surface area contributed by atoms with Crippen LogP contribution in [0.25, 0.3) is 0 Å². The molecule has 2 unspecified atom stereocenters. The summed E-state index contributed by atoms with van der Waals surface area (Å²) in [5.41, 5.74) is 6.08. The SMILES string of the molecule is CCOC(CCN=C(N)N1CCCC(C)C1)C(C)C.I. The van der Waals surface area contributed by atoms with Crippen LogP contribution in [-0.4, -0.2) is 43.2 Å².